The van der Waals surface area contributed by atoms with Gasteiger partial charge in [0.1, 0.15) is 12.3 Å². The normalized spacial score (nSPS) is 18.9. The van der Waals surface area contributed by atoms with E-state index >= 15 is 0 Å². The predicted octanol–water partition coefficient (Wildman–Crippen LogP) is 1.31. The fourth-order valence-electron chi connectivity index (χ4n) is 2.06. The number of hydrogen-bond donors (Lipinski definition) is 1. The fraction of sp³-hybridized carbons (Fsp3) is 0.500. The highest BCUT2D eigenvalue weighted by molar-refractivity contribution is 5.89. The molecule has 1 unspecified atom stereocenters. The maximum atomic E-state index is 12.6. The maximum absolute atomic E-state index is 12.6. The molecule has 2 heterocycles. The van der Waals surface area contributed by atoms with Gasteiger partial charge in [-0.05, 0) is 12.1 Å². The Kier molecular flexibility index (Phi) is 4.01. The molecule has 1 fully saturated rings. The van der Waals surface area contributed by atoms with Gasteiger partial charge in [-0.15, -0.1) is 0 Å². The molecule has 5 nitrogen and oxygen atoms in total. The van der Waals surface area contributed by atoms with Gasteiger partial charge in [0.2, 0.25) is 11.8 Å². The van der Waals surface area contributed by atoms with E-state index in [1.54, 1.807) is 0 Å². The number of alkyl halides is 3. The van der Waals surface area contributed by atoms with Crippen LogP contribution in [0.2, 0.25) is 0 Å². The molecule has 0 aliphatic carbocycles. The smallest absolute Gasteiger partial charge is 0.406 e. The van der Waals surface area contributed by atoms with Crippen molar-refractivity contribution in [2.45, 2.75) is 19.1 Å². The van der Waals surface area contributed by atoms with Gasteiger partial charge in [0.25, 0.3) is 0 Å². The van der Waals surface area contributed by atoms with Crippen LogP contribution in [0.4, 0.5) is 13.2 Å². The number of hydrogen-bond acceptors (Lipinski definition) is 3. The summed E-state index contributed by atoms with van der Waals surface area (Å²) in [6.45, 7) is -1.56. The van der Waals surface area contributed by atoms with E-state index in [1.807, 2.05) is 0 Å². The summed E-state index contributed by atoms with van der Waals surface area (Å²) >= 11 is 0. The van der Waals surface area contributed by atoms with Crippen molar-refractivity contribution >= 4 is 11.8 Å². The van der Waals surface area contributed by atoms with Gasteiger partial charge in [-0.2, -0.15) is 13.2 Å². The Hall–Kier alpha value is -1.99. The Labute approximate surface area is 112 Å². The van der Waals surface area contributed by atoms with Crippen LogP contribution in [0.5, 0.6) is 0 Å². The van der Waals surface area contributed by atoms with E-state index in [0.717, 1.165) is 0 Å². The zero-order chi connectivity index (χ0) is 14.8. The Morgan fingerprint density at radius 1 is 1.50 bits per heavy atom. The molecule has 20 heavy (non-hydrogen) atoms. The first-order valence-electron chi connectivity index (χ1n) is 6.00. The fourth-order valence-corrected chi connectivity index (χ4v) is 2.06. The van der Waals surface area contributed by atoms with Crippen LogP contribution in [0.25, 0.3) is 0 Å². The quantitative estimate of drug-likeness (QED) is 0.909. The van der Waals surface area contributed by atoms with Crippen LogP contribution in [0, 0.1) is 5.92 Å². The highest BCUT2D eigenvalue weighted by Crippen LogP contribution is 2.22. The molecule has 1 aromatic rings. The van der Waals surface area contributed by atoms with E-state index in [9.17, 15) is 22.8 Å². The van der Waals surface area contributed by atoms with Gasteiger partial charge in [-0.25, -0.2) is 0 Å². The number of carbonyl (C=O) groups excluding carboxylic acids is 2. The summed E-state index contributed by atoms with van der Waals surface area (Å²) in [5.74, 6) is -1.51. The van der Waals surface area contributed by atoms with Gasteiger partial charge >= 0.3 is 6.18 Å². The lowest BCUT2D eigenvalue weighted by Crippen LogP contribution is -2.42. The number of furan rings is 1. The molecule has 0 bridgehead atoms. The first-order valence-corrected chi connectivity index (χ1v) is 6.00. The van der Waals surface area contributed by atoms with E-state index in [2.05, 4.69) is 5.32 Å². The molecule has 1 saturated heterocycles. The largest absolute Gasteiger partial charge is 0.467 e. The van der Waals surface area contributed by atoms with Gasteiger partial charge in [0.15, 0.2) is 0 Å². The molecule has 0 saturated carbocycles. The van der Waals surface area contributed by atoms with Crippen LogP contribution in [0.15, 0.2) is 22.8 Å². The molecule has 8 heteroatoms. The van der Waals surface area contributed by atoms with Gasteiger partial charge in [0, 0.05) is 13.0 Å². The van der Waals surface area contributed by atoms with Crippen molar-refractivity contribution in [3.8, 4) is 0 Å². The number of nitrogens with zero attached hydrogens (tertiary/aromatic N) is 1. The van der Waals surface area contributed by atoms with E-state index in [-0.39, 0.29) is 31.2 Å². The summed E-state index contributed by atoms with van der Waals surface area (Å²) in [6, 6.07) is 3.03. The number of amides is 2. The van der Waals surface area contributed by atoms with Crippen molar-refractivity contribution < 1.29 is 27.2 Å². The molecule has 1 aliphatic heterocycles. The average Bonchev–Trinajstić information content (AvgIpc) is 2.97. The van der Waals surface area contributed by atoms with Crippen molar-refractivity contribution in [1.82, 2.24) is 10.2 Å². The summed E-state index contributed by atoms with van der Waals surface area (Å²) < 4.78 is 42.6. The van der Waals surface area contributed by atoms with Crippen LogP contribution in [0.1, 0.15) is 12.2 Å². The third kappa shape index (κ3) is 3.75. The predicted molar refractivity (Wildman–Crippen MR) is 61.3 cm³/mol. The van der Waals surface area contributed by atoms with Crippen molar-refractivity contribution in [2.75, 3.05) is 13.1 Å². The molecule has 2 amide bonds. The molecular weight excluding hydrogens is 277 g/mol. The van der Waals surface area contributed by atoms with Gasteiger partial charge in [0.05, 0.1) is 18.7 Å². The highest BCUT2D eigenvalue weighted by atomic mass is 19.4. The summed E-state index contributed by atoms with van der Waals surface area (Å²) in [5, 5.41) is 2.44. The molecule has 1 aliphatic rings. The minimum absolute atomic E-state index is 0.0736. The monoisotopic (exact) mass is 290 g/mol. The molecule has 0 spiro atoms. The maximum Gasteiger partial charge on any atom is 0.406 e. The summed E-state index contributed by atoms with van der Waals surface area (Å²) in [7, 11) is 0. The van der Waals surface area contributed by atoms with Crippen LogP contribution >= 0.6 is 0 Å². The second-order valence-electron chi connectivity index (χ2n) is 4.59. The van der Waals surface area contributed by atoms with E-state index in [0.29, 0.717) is 4.90 Å². The van der Waals surface area contributed by atoms with Crippen molar-refractivity contribution in [3.63, 3.8) is 0 Å². The van der Waals surface area contributed by atoms with Crippen molar-refractivity contribution in [3.05, 3.63) is 24.2 Å². The minimum atomic E-state index is -4.50. The SMILES string of the molecule is O=C1CC(C(=O)N(Cc2ccco2)CC(F)(F)F)CN1. The van der Waals surface area contributed by atoms with Gasteiger partial charge < -0.3 is 14.6 Å². The lowest BCUT2D eigenvalue weighted by Gasteiger charge is -2.25. The third-order valence-corrected chi connectivity index (χ3v) is 2.94. The molecule has 1 atom stereocenters. The molecule has 1 aromatic heterocycles. The van der Waals surface area contributed by atoms with Crippen molar-refractivity contribution in [1.29, 1.82) is 0 Å². The lowest BCUT2D eigenvalue weighted by atomic mass is 10.1. The molecule has 110 valence electrons. The zero-order valence-corrected chi connectivity index (χ0v) is 10.4. The summed E-state index contributed by atoms with van der Waals surface area (Å²) in [4.78, 5) is 23.8. The van der Waals surface area contributed by atoms with E-state index in [4.69, 9.17) is 4.42 Å². The number of halogens is 3. The average molecular weight is 290 g/mol. The van der Waals surface area contributed by atoms with Crippen LogP contribution < -0.4 is 5.32 Å². The van der Waals surface area contributed by atoms with Crippen molar-refractivity contribution in [2.24, 2.45) is 5.92 Å². The number of rotatable bonds is 4. The second-order valence-corrected chi connectivity index (χ2v) is 4.59. The zero-order valence-electron chi connectivity index (χ0n) is 10.4. The third-order valence-electron chi connectivity index (χ3n) is 2.94. The lowest BCUT2D eigenvalue weighted by molar-refractivity contribution is -0.165. The van der Waals surface area contributed by atoms with Gasteiger partial charge in [-0.3, -0.25) is 9.59 Å². The van der Waals surface area contributed by atoms with E-state index < -0.39 is 24.5 Å². The number of nitrogens with one attached hydrogen (secondary N) is 1. The Morgan fingerprint density at radius 2 is 2.25 bits per heavy atom. The molecular formula is C12H13F3N2O3. The standard InChI is InChI=1S/C12H13F3N2O3/c13-12(14,15)7-17(6-9-2-1-3-20-9)11(19)8-4-10(18)16-5-8/h1-3,8H,4-7H2,(H,16,18). The summed E-state index contributed by atoms with van der Waals surface area (Å²) in [6.07, 6.45) is -3.25. The first kappa shape index (κ1) is 14.4. The van der Waals surface area contributed by atoms with Crippen LogP contribution in [-0.4, -0.2) is 36.0 Å². The molecule has 0 radical (unpaired) electrons. The topological polar surface area (TPSA) is 62.6 Å². The second kappa shape index (κ2) is 5.56. The number of carbonyl (C=O) groups is 2. The Bertz CT molecular complexity index is 485. The Morgan fingerprint density at radius 3 is 2.75 bits per heavy atom. The van der Waals surface area contributed by atoms with Crippen LogP contribution in [0.3, 0.4) is 0 Å². The molecule has 2 rings (SSSR count). The highest BCUT2D eigenvalue weighted by Gasteiger charge is 2.38. The summed E-state index contributed by atoms with van der Waals surface area (Å²) in [5.41, 5.74) is 0. The van der Waals surface area contributed by atoms with E-state index in [1.165, 1.54) is 18.4 Å². The van der Waals surface area contributed by atoms with Gasteiger partial charge in [-0.1, -0.05) is 0 Å². The minimum Gasteiger partial charge on any atom is -0.467 e. The molecule has 0 aromatic carbocycles. The van der Waals surface area contributed by atoms with Crippen LogP contribution in [-0.2, 0) is 16.1 Å². The molecule has 1 N–H and O–H groups in total. The Balaban J connectivity index is 2.08. The first-order chi connectivity index (χ1) is 9.35.